The highest BCUT2D eigenvalue weighted by Gasteiger charge is 2.07. The molecule has 0 aliphatic heterocycles. The molecule has 88 valence electrons. The SMILES string of the molecule is Nc1cccc(CNC(=O)c2csc(I)c2)c1. The molecule has 1 aromatic carbocycles. The summed E-state index contributed by atoms with van der Waals surface area (Å²) in [6, 6.07) is 9.38. The first-order chi connectivity index (χ1) is 8.15. The molecule has 3 nitrogen and oxygen atoms in total. The molecule has 0 spiro atoms. The van der Waals surface area contributed by atoms with Crippen LogP contribution in [0.5, 0.6) is 0 Å². The summed E-state index contributed by atoms with van der Waals surface area (Å²) in [6.07, 6.45) is 0. The van der Waals surface area contributed by atoms with Crippen molar-refractivity contribution in [3.8, 4) is 0 Å². The number of thiophene rings is 1. The standard InChI is InChI=1S/C12H11IN2OS/c13-11-5-9(7-17-11)12(16)15-6-8-2-1-3-10(14)4-8/h1-5,7H,6,14H2,(H,15,16). The fraction of sp³-hybridized carbons (Fsp3) is 0.0833. The Hall–Kier alpha value is -1.08. The Bertz CT molecular complexity index is 539. The molecule has 1 heterocycles. The van der Waals surface area contributed by atoms with Crippen molar-refractivity contribution in [3.05, 3.63) is 49.7 Å². The Morgan fingerprint density at radius 1 is 1.41 bits per heavy atom. The molecule has 0 saturated carbocycles. The molecule has 2 aromatic rings. The fourth-order valence-corrected chi connectivity index (χ4v) is 2.74. The van der Waals surface area contributed by atoms with Gasteiger partial charge in [0.15, 0.2) is 0 Å². The summed E-state index contributed by atoms with van der Waals surface area (Å²) in [4.78, 5) is 11.8. The summed E-state index contributed by atoms with van der Waals surface area (Å²) in [6.45, 7) is 0.496. The van der Waals surface area contributed by atoms with Crippen molar-refractivity contribution in [2.75, 3.05) is 5.73 Å². The molecule has 0 radical (unpaired) electrons. The molecule has 3 N–H and O–H groups in total. The van der Waals surface area contributed by atoms with Gasteiger partial charge >= 0.3 is 0 Å². The molecule has 17 heavy (non-hydrogen) atoms. The smallest absolute Gasteiger partial charge is 0.252 e. The second-order valence-electron chi connectivity index (χ2n) is 3.57. The number of nitrogens with two attached hydrogens (primary N) is 1. The van der Waals surface area contributed by atoms with Gasteiger partial charge in [0, 0.05) is 17.6 Å². The zero-order valence-corrected chi connectivity index (χ0v) is 11.9. The average Bonchev–Trinajstić information content (AvgIpc) is 2.73. The largest absolute Gasteiger partial charge is 0.399 e. The van der Waals surface area contributed by atoms with E-state index in [1.54, 1.807) is 11.3 Å². The molecular weight excluding hydrogens is 347 g/mol. The van der Waals surface area contributed by atoms with Crippen molar-refractivity contribution in [2.45, 2.75) is 6.54 Å². The van der Waals surface area contributed by atoms with Crippen LogP contribution in [0, 0.1) is 2.88 Å². The number of nitrogens with one attached hydrogen (secondary N) is 1. The van der Waals surface area contributed by atoms with E-state index in [4.69, 9.17) is 5.73 Å². The van der Waals surface area contributed by atoms with Gasteiger partial charge in [0.25, 0.3) is 5.91 Å². The number of amides is 1. The highest BCUT2D eigenvalue weighted by molar-refractivity contribution is 14.1. The number of hydrogen-bond donors (Lipinski definition) is 2. The Labute approximate surface area is 117 Å². The van der Waals surface area contributed by atoms with E-state index in [9.17, 15) is 4.79 Å². The third-order valence-corrected chi connectivity index (χ3v) is 4.02. The molecule has 0 fully saturated rings. The molecule has 0 aliphatic carbocycles. The normalized spacial score (nSPS) is 10.2. The van der Waals surface area contributed by atoms with Crippen LogP contribution in [0.1, 0.15) is 15.9 Å². The van der Waals surface area contributed by atoms with Crippen LogP contribution in [0.4, 0.5) is 5.69 Å². The Morgan fingerprint density at radius 3 is 2.88 bits per heavy atom. The molecule has 0 unspecified atom stereocenters. The molecule has 0 bridgehead atoms. The summed E-state index contributed by atoms with van der Waals surface area (Å²) < 4.78 is 1.11. The monoisotopic (exact) mass is 358 g/mol. The lowest BCUT2D eigenvalue weighted by Gasteiger charge is -2.04. The molecule has 0 saturated heterocycles. The van der Waals surface area contributed by atoms with Crippen molar-refractivity contribution in [1.29, 1.82) is 0 Å². The molecule has 0 atom stereocenters. The predicted molar refractivity (Wildman–Crippen MR) is 79.1 cm³/mol. The van der Waals surface area contributed by atoms with Crippen LogP contribution in [-0.2, 0) is 6.54 Å². The molecule has 0 aliphatic rings. The molecule has 1 aromatic heterocycles. The van der Waals surface area contributed by atoms with E-state index in [-0.39, 0.29) is 5.91 Å². The van der Waals surface area contributed by atoms with Crippen LogP contribution in [0.3, 0.4) is 0 Å². The second kappa shape index (κ2) is 5.50. The number of carbonyl (C=O) groups is 1. The summed E-state index contributed by atoms with van der Waals surface area (Å²) >= 11 is 3.76. The first kappa shape index (κ1) is 12.4. The molecule has 2 rings (SSSR count). The summed E-state index contributed by atoms with van der Waals surface area (Å²) in [5.74, 6) is -0.0495. The summed E-state index contributed by atoms with van der Waals surface area (Å²) in [7, 11) is 0. The lowest BCUT2D eigenvalue weighted by atomic mass is 10.2. The Morgan fingerprint density at radius 2 is 2.24 bits per heavy atom. The average molecular weight is 358 g/mol. The number of carbonyl (C=O) groups excluding carboxylic acids is 1. The van der Waals surface area contributed by atoms with Gasteiger partial charge in [-0.1, -0.05) is 12.1 Å². The number of anilines is 1. The van der Waals surface area contributed by atoms with Crippen LogP contribution >= 0.6 is 33.9 Å². The number of nitrogen functional groups attached to an aromatic ring is 1. The van der Waals surface area contributed by atoms with Gasteiger partial charge in [-0.2, -0.15) is 0 Å². The van der Waals surface area contributed by atoms with Gasteiger partial charge in [-0.15, -0.1) is 11.3 Å². The van der Waals surface area contributed by atoms with E-state index in [2.05, 4.69) is 27.9 Å². The number of rotatable bonds is 3. The molecule has 1 amide bonds. The van der Waals surface area contributed by atoms with E-state index < -0.39 is 0 Å². The van der Waals surface area contributed by atoms with Gasteiger partial charge in [-0.3, -0.25) is 4.79 Å². The zero-order chi connectivity index (χ0) is 12.3. The first-order valence-electron chi connectivity index (χ1n) is 5.02. The quantitative estimate of drug-likeness (QED) is 0.655. The number of hydrogen-bond acceptors (Lipinski definition) is 3. The third-order valence-electron chi connectivity index (χ3n) is 2.23. The maximum Gasteiger partial charge on any atom is 0.252 e. The fourth-order valence-electron chi connectivity index (χ4n) is 1.42. The summed E-state index contributed by atoms with van der Waals surface area (Å²) in [5, 5.41) is 4.72. The van der Waals surface area contributed by atoms with Crippen molar-refractivity contribution in [2.24, 2.45) is 0 Å². The van der Waals surface area contributed by atoms with Gasteiger partial charge in [-0.05, 0) is 46.4 Å². The molecule has 5 heteroatoms. The predicted octanol–water partition coefficient (Wildman–Crippen LogP) is 2.86. The lowest BCUT2D eigenvalue weighted by Crippen LogP contribution is -2.22. The van der Waals surface area contributed by atoms with Crippen molar-refractivity contribution < 1.29 is 4.79 Å². The van der Waals surface area contributed by atoms with Crippen LogP contribution in [0.15, 0.2) is 35.7 Å². The highest BCUT2D eigenvalue weighted by atomic mass is 127. The second-order valence-corrected chi connectivity index (χ2v) is 6.37. The minimum absolute atomic E-state index is 0.0495. The van der Waals surface area contributed by atoms with Gasteiger partial charge < -0.3 is 11.1 Å². The van der Waals surface area contributed by atoms with E-state index in [1.165, 1.54) is 0 Å². The third kappa shape index (κ3) is 3.44. The topological polar surface area (TPSA) is 55.1 Å². The number of halogens is 1. The van der Waals surface area contributed by atoms with Gasteiger partial charge in [0.05, 0.1) is 8.45 Å². The van der Waals surface area contributed by atoms with E-state index >= 15 is 0 Å². The van der Waals surface area contributed by atoms with Gasteiger partial charge in [0.2, 0.25) is 0 Å². The Kier molecular flexibility index (Phi) is 4.01. The summed E-state index contributed by atoms with van der Waals surface area (Å²) in [5.41, 5.74) is 8.09. The minimum atomic E-state index is -0.0495. The Balaban J connectivity index is 1.97. The minimum Gasteiger partial charge on any atom is -0.399 e. The zero-order valence-electron chi connectivity index (χ0n) is 8.94. The van der Waals surface area contributed by atoms with Crippen molar-refractivity contribution >= 4 is 45.5 Å². The van der Waals surface area contributed by atoms with Crippen molar-refractivity contribution in [1.82, 2.24) is 5.32 Å². The van der Waals surface area contributed by atoms with Gasteiger partial charge in [0.1, 0.15) is 0 Å². The van der Waals surface area contributed by atoms with E-state index in [0.717, 1.165) is 8.45 Å². The maximum atomic E-state index is 11.8. The number of benzene rings is 1. The maximum absolute atomic E-state index is 11.8. The van der Waals surface area contributed by atoms with Crippen molar-refractivity contribution in [3.63, 3.8) is 0 Å². The van der Waals surface area contributed by atoms with Crippen LogP contribution in [0.25, 0.3) is 0 Å². The van der Waals surface area contributed by atoms with E-state index in [1.807, 2.05) is 35.7 Å². The van der Waals surface area contributed by atoms with Crippen LogP contribution in [0.2, 0.25) is 0 Å². The van der Waals surface area contributed by atoms with Crippen LogP contribution in [-0.4, -0.2) is 5.91 Å². The first-order valence-corrected chi connectivity index (χ1v) is 6.97. The van der Waals surface area contributed by atoms with Gasteiger partial charge in [-0.25, -0.2) is 0 Å². The lowest BCUT2D eigenvalue weighted by molar-refractivity contribution is 0.0951. The van der Waals surface area contributed by atoms with Crippen LogP contribution < -0.4 is 11.1 Å². The van der Waals surface area contributed by atoms with E-state index in [0.29, 0.717) is 17.8 Å². The highest BCUT2D eigenvalue weighted by Crippen LogP contribution is 2.16. The molecular formula is C12H11IN2OS.